The predicted molar refractivity (Wildman–Crippen MR) is 95.2 cm³/mol. The van der Waals surface area contributed by atoms with Crippen LogP contribution in [0.15, 0.2) is 30.3 Å². The summed E-state index contributed by atoms with van der Waals surface area (Å²) < 4.78 is 10.6. The molecular formula is C19H28N2O4. The SMILES string of the molecule is CC(C)(C)OC(=O)NC1CCCCC1NC(=O)OCc1ccccc1. The molecule has 0 heterocycles. The van der Waals surface area contributed by atoms with Gasteiger partial charge in [0.05, 0.1) is 12.1 Å². The number of hydrogen-bond donors (Lipinski definition) is 2. The predicted octanol–water partition coefficient (Wildman–Crippen LogP) is 3.75. The first-order valence-electron chi connectivity index (χ1n) is 8.80. The first-order valence-corrected chi connectivity index (χ1v) is 8.80. The van der Waals surface area contributed by atoms with E-state index in [1.54, 1.807) is 0 Å². The van der Waals surface area contributed by atoms with Gasteiger partial charge in [-0.15, -0.1) is 0 Å². The molecule has 6 heteroatoms. The second kappa shape index (κ2) is 8.74. The Morgan fingerprint density at radius 3 is 2.12 bits per heavy atom. The van der Waals surface area contributed by atoms with E-state index in [0.29, 0.717) is 0 Å². The van der Waals surface area contributed by atoms with Crippen molar-refractivity contribution in [1.82, 2.24) is 10.6 Å². The Bertz CT molecular complexity index is 569. The van der Waals surface area contributed by atoms with Gasteiger partial charge in [-0.2, -0.15) is 0 Å². The summed E-state index contributed by atoms with van der Waals surface area (Å²) >= 11 is 0. The van der Waals surface area contributed by atoms with Crippen LogP contribution in [-0.2, 0) is 16.1 Å². The normalized spacial score (nSPS) is 20.4. The van der Waals surface area contributed by atoms with E-state index in [9.17, 15) is 9.59 Å². The van der Waals surface area contributed by atoms with Gasteiger partial charge in [0.25, 0.3) is 0 Å². The molecule has 0 spiro atoms. The highest BCUT2D eigenvalue weighted by Gasteiger charge is 2.29. The highest BCUT2D eigenvalue weighted by Crippen LogP contribution is 2.19. The number of carbonyl (C=O) groups excluding carboxylic acids is 2. The van der Waals surface area contributed by atoms with Crippen molar-refractivity contribution in [3.05, 3.63) is 35.9 Å². The lowest BCUT2D eigenvalue weighted by molar-refractivity contribution is 0.0475. The minimum atomic E-state index is -0.545. The molecule has 0 bridgehead atoms. The number of nitrogens with one attached hydrogen (secondary N) is 2. The van der Waals surface area contributed by atoms with E-state index in [1.165, 1.54) is 0 Å². The number of rotatable bonds is 4. The Morgan fingerprint density at radius 2 is 1.56 bits per heavy atom. The van der Waals surface area contributed by atoms with Gasteiger partial charge in [0, 0.05) is 0 Å². The molecule has 2 amide bonds. The summed E-state index contributed by atoms with van der Waals surface area (Å²) in [5.41, 5.74) is 0.390. The van der Waals surface area contributed by atoms with Crippen LogP contribution in [0.3, 0.4) is 0 Å². The van der Waals surface area contributed by atoms with E-state index in [-0.39, 0.29) is 18.7 Å². The summed E-state index contributed by atoms with van der Waals surface area (Å²) in [5, 5.41) is 5.75. The zero-order valence-electron chi connectivity index (χ0n) is 15.2. The number of alkyl carbamates (subject to hydrolysis) is 2. The minimum Gasteiger partial charge on any atom is -0.445 e. The van der Waals surface area contributed by atoms with Gasteiger partial charge in [-0.05, 0) is 39.2 Å². The molecule has 2 rings (SSSR count). The van der Waals surface area contributed by atoms with Crippen molar-refractivity contribution in [3.8, 4) is 0 Å². The summed E-state index contributed by atoms with van der Waals surface area (Å²) in [7, 11) is 0. The van der Waals surface area contributed by atoms with Crippen molar-refractivity contribution in [2.75, 3.05) is 0 Å². The molecule has 2 unspecified atom stereocenters. The van der Waals surface area contributed by atoms with Crippen LogP contribution in [-0.4, -0.2) is 29.9 Å². The van der Waals surface area contributed by atoms with E-state index in [2.05, 4.69) is 10.6 Å². The highest BCUT2D eigenvalue weighted by atomic mass is 16.6. The number of hydrogen-bond acceptors (Lipinski definition) is 4. The van der Waals surface area contributed by atoms with Crippen molar-refractivity contribution in [1.29, 1.82) is 0 Å². The third kappa shape index (κ3) is 7.03. The zero-order valence-corrected chi connectivity index (χ0v) is 15.2. The fourth-order valence-corrected chi connectivity index (χ4v) is 2.85. The van der Waals surface area contributed by atoms with Gasteiger partial charge in [-0.3, -0.25) is 0 Å². The maximum absolute atomic E-state index is 12.1. The van der Waals surface area contributed by atoms with Gasteiger partial charge >= 0.3 is 12.2 Å². The molecule has 2 atom stereocenters. The summed E-state index contributed by atoms with van der Waals surface area (Å²) in [6.45, 7) is 5.70. The van der Waals surface area contributed by atoms with Crippen molar-refractivity contribution in [2.24, 2.45) is 0 Å². The zero-order chi connectivity index (χ0) is 18.3. The van der Waals surface area contributed by atoms with Crippen LogP contribution >= 0.6 is 0 Å². The van der Waals surface area contributed by atoms with E-state index in [4.69, 9.17) is 9.47 Å². The largest absolute Gasteiger partial charge is 0.445 e. The molecule has 1 saturated carbocycles. The average molecular weight is 348 g/mol. The first-order chi connectivity index (χ1) is 11.8. The maximum atomic E-state index is 12.1. The monoisotopic (exact) mass is 348 g/mol. The fourth-order valence-electron chi connectivity index (χ4n) is 2.85. The lowest BCUT2D eigenvalue weighted by Gasteiger charge is -2.33. The number of benzene rings is 1. The van der Waals surface area contributed by atoms with Gasteiger partial charge in [-0.25, -0.2) is 9.59 Å². The van der Waals surface area contributed by atoms with Gasteiger partial charge < -0.3 is 20.1 Å². The molecule has 2 N–H and O–H groups in total. The molecule has 0 aromatic heterocycles. The molecule has 0 radical (unpaired) electrons. The molecule has 25 heavy (non-hydrogen) atoms. The van der Waals surface area contributed by atoms with Crippen LogP contribution in [0.2, 0.25) is 0 Å². The van der Waals surface area contributed by atoms with Crippen LogP contribution in [0.4, 0.5) is 9.59 Å². The number of amides is 2. The molecule has 0 aliphatic heterocycles. The standard InChI is InChI=1S/C19H28N2O4/c1-19(2,3)25-18(23)21-16-12-8-7-11-15(16)20-17(22)24-13-14-9-5-4-6-10-14/h4-6,9-10,15-16H,7-8,11-13H2,1-3H3,(H,20,22)(H,21,23). The Hall–Kier alpha value is -2.24. The quantitative estimate of drug-likeness (QED) is 0.869. The summed E-state index contributed by atoms with van der Waals surface area (Å²) in [4.78, 5) is 24.1. The van der Waals surface area contributed by atoms with E-state index in [0.717, 1.165) is 31.2 Å². The van der Waals surface area contributed by atoms with Crippen LogP contribution in [0, 0.1) is 0 Å². The lowest BCUT2D eigenvalue weighted by atomic mass is 9.90. The molecule has 1 aliphatic rings. The Balaban J connectivity index is 1.83. The van der Waals surface area contributed by atoms with Crippen LogP contribution < -0.4 is 10.6 Å². The van der Waals surface area contributed by atoms with E-state index < -0.39 is 17.8 Å². The molecule has 6 nitrogen and oxygen atoms in total. The molecule has 1 aromatic carbocycles. The Labute approximate surface area is 149 Å². The van der Waals surface area contributed by atoms with Gasteiger partial charge in [0.15, 0.2) is 0 Å². The Kier molecular flexibility index (Phi) is 6.67. The second-order valence-electron chi connectivity index (χ2n) is 7.35. The van der Waals surface area contributed by atoms with Crippen molar-refractivity contribution >= 4 is 12.2 Å². The molecule has 1 aromatic rings. The smallest absolute Gasteiger partial charge is 0.407 e. The van der Waals surface area contributed by atoms with Crippen molar-refractivity contribution < 1.29 is 19.1 Å². The second-order valence-corrected chi connectivity index (χ2v) is 7.35. The Morgan fingerprint density at radius 1 is 1.00 bits per heavy atom. The van der Waals surface area contributed by atoms with Gasteiger partial charge in [0.2, 0.25) is 0 Å². The average Bonchev–Trinajstić information content (AvgIpc) is 2.54. The first kappa shape index (κ1) is 19.1. The minimum absolute atomic E-state index is 0.145. The molecule has 0 saturated heterocycles. The molecule has 1 aliphatic carbocycles. The topological polar surface area (TPSA) is 76.7 Å². The van der Waals surface area contributed by atoms with Gasteiger partial charge in [0.1, 0.15) is 12.2 Å². The molecule has 138 valence electrons. The summed E-state index contributed by atoms with van der Waals surface area (Å²) in [5.74, 6) is 0. The summed E-state index contributed by atoms with van der Waals surface area (Å²) in [6, 6.07) is 9.23. The number of carbonyl (C=O) groups is 2. The highest BCUT2D eigenvalue weighted by molar-refractivity contribution is 5.69. The van der Waals surface area contributed by atoms with Crippen LogP contribution in [0.5, 0.6) is 0 Å². The lowest BCUT2D eigenvalue weighted by Crippen LogP contribution is -2.54. The van der Waals surface area contributed by atoms with Crippen molar-refractivity contribution in [3.63, 3.8) is 0 Å². The molecular weight excluding hydrogens is 320 g/mol. The summed E-state index contributed by atoms with van der Waals surface area (Å²) in [6.07, 6.45) is 2.72. The van der Waals surface area contributed by atoms with Crippen LogP contribution in [0.1, 0.15) is 52.0 Å². The third-order valence-corrected chi connectivity index (χ3v) is 3.98. The van der Waals surface area contributed by atoms with Crippen LogP contribution in [0.25, 0.3) is 0 Å². The van der Waals surface area contributed by atoms with E-state index in [1.807, 2.05) is 51.1 Å². The number of ether oxygens (including phenoxy) is 2. The fraction of sp³-hybridized carbons (Fsp3) is 0.579. The van der Waals surface area contributed by atoms with Gasteiger partial charge in [-0.1, -0.05) is 43.2 Å². The van der Waals surface area contributed by atoms with Crippen molar-refractivity contribution in [2.45, 2.75) is 70.7 Å². The van der Waals surface area contributed by atoms with E-state index >= 15 is 0 Å². The molecule has 1 fully saturated rings. The third-order valence-electron chi connectivity index (χ3n) is 3.98. The maximum Gasteiger partial charge on any atom is 0.407 e.